The molecule has 0 radical (unpaired) electrons. The first-order valence-electron chi connectivity index (χ1n) is 6.84. The van der Waals surface area contributed by atoms with Gasteiger partial charge in [-0.3, -0.25) is 4.79 Å². The summed E-state index contributed by atoms with van der Waals surface area (Å²) in [4.78, 5) is 14.2. The highest BCUT2D eigenvalue weighted by atomic mass is 16.5. The number of amides is 1. The fourth-order valence-corrected chi connectivity index (χ4v) is 2.09. The molecule has 1 saturated carbocycles. The molecule has 1 unspecified atom stereocenters. The van der Waals surface area contributed by atoms with Crippen molar-refractivity contribution in [1.82, 2.24) is 4.90 Å². The molecule has 1 aliphatic carbocycles. The Balaban J connectivity index is 2.05. The molecule has 4 heteroatoms. The first-order valence-corrected chi connectivity index (χ1v) is 6.84. The van der Waals surface area contributed by atoms with Crippen LogP contribution in [0.15, 0.2) is 24.3 Å². The van der Waals surface area contributed by atoms with Crippen LogP contribution in [0.1, 0.15) is 31.7 Å². The van der Waals surface area contributed by atoms with Crippen molar-refractivity contribution in [3.63, 3.8) is 0 Å². The Morgan fingerprint density at radius 3 is 2.53 bits per heavy atom. The molecule has 0 aromatic heterocycles. The molecule has 0 bridgehead atoms. The van der Waals surface area contributed by atoms with Crippen LogP contribution in [-0.4, -0.2) is 30.0 Å². The van der Waals surface area contributed by atoms with Crippen LogP contribution in [0.4, 0.5) is 0 Å². The van der Waals surface area contributed by atoms with Crippen molar-refractivity contribution in [2.75, 3.05) is 7.11 Å². The zero-order valence-electron chi connectivity index (χ0n) is 11.6. The average molecular weight is 262 g/mol. The van der Waals surface area contributed by atoms with E-state index in [1.54, 1.807) is 7.11 Å². The summed E-state index contributed by atoms with van der Waals surface area (Å²) in [6, 6.07) is 7.85. The predicted octanol–water partition coefficient (Wildman–Crippen LogP) is 1.92. The predicted molar refractivity (Wildman–Crippen MR) is 74.8 cm³/mol. The third kappa shape index (κ3) is 3.47. The third-order valence-electron chi connectivity index (χ3n) is 3.54. The fraction of sp³-hybridized carbons (Fsp3) is 0.533. The van der Waals surface area contributed by atoms with Crippen LogP contribution in [0.2, 0.25) is 0 Å². The number of carbonyl (C=O) groups excluding carboxylic acids is 1. The number of methoxy groups -OCH3 is 1. The zero-order valence-corrected chi connectivity index (χ0v) is 11.6. The van der Waals surface area contributed by atoms with Gasteiger partial charge in [0.15, 0.2) is 0 Å². The molecule has 0 saturated heterocycles. The smallest absolute Gasteiger partial charge is 0.240 e. The topological polar surface area (TPSA) is 55.6 Å². The van der Waals surface area contributed by atoms with Gasteiger partial charge in [0, 0.05) is 12.6 Å². The summed E-state index contributed by atoms with van der Waals surface area (Å²) < 4.78 is 5.14. The minimum atomic E-state index is -0.376. The Kier molecular flexibility index (Phi) is 4.43. The minimum absolute atomic E-state index is 0.0702. The lowest BCUT2D eigenvalue weighted by Gasteiger charge is -2.25. The summed E-state index contributed by atoms with van der Waals surface area (Å²) >= 11 is 0. The number of rotatable bonds is 6. The molecule has 1 amide bonds. The average Bonchev–Trinajstić information content (AvgIpc) is 3.28. The first-order chi connectivity index (χ1) is 9.15. The molecule has 0 spiro atoms. The van der Waals surface area contributed by atoms with Gasteiger partial charge in [-0.15, -0.1) is 0 Å². The van der Waals surface area contributed by atoms with Gasteiger partial charge in [-0.05, 0) is 37.0 Å². The van der Waals surface area contributed by atoms with Gasteiger partial charge in [0.25, 0.3) is 0 Å². The third-order valence-corrected chi connectivity index (χ3v) is 3.54. The van der Waals surface area contributed by atoms with Crippen LogP contribution >= 0.6 is 0 Å². The van der Waals surface area contributed by atoms with Crippen molar-refractivity contribution in [2.45, 2.75) is 44.8 Å². The van der Waals surface area contributed by atoms with Crippen molar-refractivity contribution >= 4 is 5.91 Å². The molecule has 1 aromatic rings. The molecule has 1 aliphatic rings. The van der Waals surface area contributed by atoms with E-state index in [9.17, 15) is 4.79 Å². The van der Waals surface area contributed by atoms with Gasteiger partial charge in [0.05, 0.1) is 13.2 Å². The number of carbonyl (C=O) groups is 1. The second-order valence-corrected chi connectivity index (χ2v) is 5.06. The molecule has 0 aliphatic heterocycles. The van der Waals surface area contributed by atoms with Gasteiger partial charge in [0.2, 0.25) is 5.91 Å². The molecule has 1 fully saturated rings. The second-order valence-electron chi connectivity index (χ2n) is 5.06. The van der Waals surface area contributed by atoms with E-state index in [-0.39, 0.29) is 11.9 Å². The molecule has 1 aromatic carbocycles. The SMILES string of the molecule is CCC(N)C(=O)N(Cc1ccc(OC)cc1)C1CC1. The number of hydrogen-bond donors (Lipinski definition) is 1. The Morgan fingerprint density at radius 2 is 2.05 bits per heavy atom. The summed E-state index contributed by atoms with van der Waals surface area (Å²) in [6.07, 6.45) is 2.88. The van der Waals surface area contributed by atoms with Gasteiger partial charge < -0.3 is 15.4 Å². The lowest BCUT2D eigenvalue weighted by atomic mass is 10.1. The summed E-state index contributed by atoms with van der Waals surface area (Å²) in [5.41, 5.74) is 6.99. The Hall–Kier alpha value is -1.55. The van der Waals surface area contributed by atoms with Crippen LogP contribution in [0.25, 0.3) is 0 Å². The number of hydrogen-bond acceptors (Lipinski definition) is 3. The lowest BCUT2D eigenvalue weighted by Crippen LogP contribution is -2.44. The summed E-state index contributed by atoms with van der Waals surface area (Å²) in [6.45, 7) is 2.59. The lowest BCUT2D eigenvalue weighted by molar-refractivity contribution is -0.133. The quantitative estimate of drug-likeness (QED) is 0.852. The minimum Gasteiger partial charge on any atom is -0.497 e. The molecule has 104 valence electrons. The molecule has 2 N–H and O–H groups in total. The highest BCUT2D eigenvalue weighted by Crippen LogP contribution is 2.29. The van der Waals surface area contributed by atoms with Gasteiger partial charge in [-0.1, -0.05) is 19.1 Å². The van der Waals surface area contributed by atoms with Crippen molar-refractivity contribution < 1.29 is 9.53 Å². The van der Waals surface area contributed by atoms with E-state index in [2.05, 4.69) is 0 Å². The molecular formula is C15H22N2O2. The number of nitrogens with two attached hydrogens (primary N) is 1. The summed E-state index contributed by atoms with van der Waals surface area (Å²) in [5.74, 6) is 0.902. The van der Waals surface area contributed by atoms with E-state index in [0.29, 0.717) is 19.0 Å². The van der Waals surface area contributed by atoms with Gasteiger partial charge in [0.1, 0.15) is 5.75 Å². The Bertz CT molecular complexity index is 426. The second kappa shape index (κ2) is 6.06. The summed E-state index contributed by atoms with van der Waals surface area (Å²) in [5, 5.41) is 0. The molecular weight excluding hydrogens is 240 g/mol. The van der Waals surface area contributed by atoms with E-state index in [1.807, 2.05) is 36.1 Å². The van der Waals surface area contributed by atoms with E-state index in [0.717, 1.165) is 24.2 Å². The van der Waals surface area contributed by atoms with Crippen molar-refractivity contribution in [2.24, 2.45) is 5.73 Å². The number of benzene rings is 1. The van der Waals surface area contributed by atoms with E-state index in [4.69, 9.17) is 10.5 Å². The van der Waals surface area contributed by atoms with Gasteiger partial charge in [-0.25, -0.2) is 0 Å². The zero-order chi connectivity index (χ0) is 13.8. The van der Waals surface area contributed by atoms with E-state index >= 15 is 0 Å². The highest BCUT2D eigenvalue weighted by molar-refractivity contribution is 5.82. The molecule has 4 nitrogen and oxygen atoms in total. The fourth-order valence-electron chi connectivity index (χ4n) is 2.09. The largest absolute Gasteiger partial charge is 0.497 e. The van der Waals surface area contributed by atoms with Gasteiger partial charge in [-0.2, -0.15) is 0 Å². The van der Waals surface area contributed by atoms with Crippen LogP contribution in [0.5, 0.6) is 5.75 Å². The Labute approximate surface area is 114 Å². The summed E-state index contributed by atoms with van der Waals surface area (Å²) in [7, 11) is 1.65. The van der Waals surface area contributed by atoms with E-state index in [1.165, 1.54) is 0 Å². The maximum absolute atomic E-state index is 12.3. The van der Waals surface area contributed by atoms with Crippen LogP contribution < -0.4 is 10.5 Å². The van der Waals surface area contributed by atoms with Crippen molar-refractivity contribution in [3.05, 3.63) is 29.8 Å². The normalized spacial score (nSPS) is 15.9. The van der Waals surface area contributed by atoms with Crippen LogP contribution in [0, 0.1) is 0 Å². The molecule has 0 heterocycles. The monoisotopic (exact) mass is 262 g/mol. The molecule has 2 rings (SSSR count). The van der Waals surface area contributed by atoms with E-state index < -0.39 is 0 Å². The molecule has 19 heavy (non-hydrogen) atoms. The number of ether oxygens (including phenoxy) is 1. The van der Waals surface area contributed by atoms with Crippen LogP contribution in [0.3, 0.4) is 0 Å². The highest BCUT2D eigenvalue weighted by Gasteiger charge is 2.34. The standard InChI is InChI=1S/C15H22N2O2/c1-3-14(16)15(18)17(12-6-7-12)10-11-4-8-13(19-2)9-5-11/h4-5,8-9,12,14H,3,6-7,10,16H2,1-2H3. The maximum Gasteiger partial charge on any atom is 0.240 e. The van der Waals surface area contributed by atoms with Crippen molar-refractivity contribution in [1.29, 1.82) is 0 Å². The Morgan fingerprint density at radius 1 is 1.42 bits per heavy atom. The van der Waals surface area contributed by atoms with Crippen molar-refractivity contribution in [3.8, 4) is 5.75 Å². The van der Waals surface area contributed by atoms with Crippen LogP contribution in [-0.2, 0) is 11.3 Å². The number of nitrogens with zero attached hydrogens (tertiary/aromatic N) is 1. The van der Waals surface area contributed by atoms with Gasteiger partial charge >= 0.3 is 0 Å². The molecule has 1 atom stereocenters. The first kappa shape index (κ1) is 13.9. The maximum atomic E-state index is 12.3.